The molecule has 1 amide bonds. The molecule has 6 heteroatoms. The molecule has 1 atom stereocenters. The maximum atomic E-state index is 12.3. The Kier molecular flexibility index (Phi) is 5.92. The van der Waals surface area contributed by atoms with Crippen LogP contribution >= 0.6 is 15.9 Å². The number of carboxylic acids is 1. The van der Waals surface area contributed by atoms with Crippen molar-refractivity contribution in [3.05, 3.63) is 28.2 Å². The van der Waals surface area contributed by atoms with Crippen molar-refractivity contribution in [2.75, 3.05) is 11.9 Å². The number of benzene rings is 1. The second-order valence-electron chi connectivity index (χ2n) is 6.19. The SMILES string of the molecule is CC(C)(C)CC(CN)C(=O)Nc1cc(C(=O)O)ccc1Br. The third kappa shape index (κ3) is 5.47. The van der Waals surface area contributed by atoms with Crippen molar-refractivity contribution < 1.29 is 14.7 Å². The van der Waals surface area contributed by atoms with Crippen LogP contribution in [-0.4, -0.2) is 23.5 Å². The number of nitrogens with two attached hydrogens (primary N) is 1. The standard InChI is InChI=1S/C15H21BrN2O3/c1-15(2,3)7-10(8-17)13(19)18-12-6-9(14(20)21)4-5-11(12)16/h4-6,10H,7-8,17H2,1-3H3,(H,18,19)(H,20,21). The number of amides is 1. The number of nitrogens with one attached hydrogen (secondary N) is 1. The van der Waals surface area contributed by atoms with Gasteiger partial charge in [0, 0.05) is 11.0 Å². The molecular weight excluding hydrogens is 336 g/mol. The summed E-state index contributed by atoms with van der Waals surface area (Å²) in [7, 11) is 0. The van der Waals surface area contributed by atoms with E-state index in [9.17, 15) is 9.59 Å². The van der Waals surface area contributed by atoms with Gasteiger partial charge in [-0.05, 0) is 46.0 Å². The highest BCUT2D eigenvalue weighted by Crippen LogP contribution is 2.27. The highest BCUT2D eigenvalue weighted by Gasteiger charge is 2.24. The minimum atomic E-state index is -1.04. The molecule has 21 heavy (non-hydrogen) atoms. The zero-order valence-electron chi connectivity index (χ0n) is 12.4. The van der Waals surface area contributed by atoms with E-state index in [0.29, 0.717) is 16.6 Å². The van der Waals surface area contributed by atoms with Gasteiger partial charge in [0.2, 0.25) is 5.91 Å². The van der Waals surface area contributed by atoms with Crippen molar-refractivity contribution in [1.82, 2.24) is 0 Å². The largest absolute Gasteiger partial charge is 0.478 e. The van der Waals surface area contributed by atoms with Crippen LogP contribution in [-0.2, 0) is 4.79 Å². The molecule has 0 spiro atoms. The van der Waals surface area contributed by atoms with E-state index in [-0.39, 0.29) is 29.3 Å². The normalized spacial score (nSPS) is 12.8. The summed E-state index contributed by atoms with van der Waals surface area (Å²) in [5.74, 6) is -1.55. The Labute approximate surface area is 133 Å². The zero-order valence-corrected chi connectivity index (χ0v) is 14.0. The van der Waals surface area contributed by atoms with Crippen LogP contribution in [0.25, 0.3) is 0 Å². The molecule has 0 bridgehead atoms. The van der Waals surface area contributed by atoms with E-state index in [4.69, 9.17) is 10.8 Å². The van der Waals surface area contributed by atoms with Crippen LogP contribution in [0.1, 0.15) is 37.6 Å². The Bertz CT molecular complexity index is 538. The molecular formula is C15H21BrN2O3. The number of carbonyl (C=O) groups is 2. The highest BCUT2D eigenvalue weighted by molar-refractivity contribution is 9.10. The lowest BCUT2D eigenvalue weighted by atomic mass is 9.84. The molecule has 0 radical (unpaired) electrons. The number of hydrogen-bond acceptors (Lipinski definition) is 3. The van der Waals surface area contributed by atoms with Gasteiger partial charge in [0.05, 0.1) is 17.2 Å². The molecule has 0 saturated carbocycles. The minimum absolute atomic E-state index is 0.0124. The summed E-state index contributed by atoms with van der Waals surface area (Å²) in [6, 6.07) is 4.49. The van der Waals surface area contributed by atoms with Crippen molar-refractivity contribution in [3.8, 4) is 0 Å². The van der Waals surface area contributed by atoms with Crippen LogP contribution in [0.2, 0.25) is 0 Å². The maximum Gasteiger partial charge on any atom is 0.335 e. The van der Waals surface area contributed by atoms with Gasteiger partial charge in [0.15, 0.2) is 0 Å². The fraction of sp³-hybridized carbons (Fsp3) is 0.467. The second kappa shape index (κ2) is 7.04. The number of carboxylic acid groups (broad SMARTS) is 1. The Balaban J connectivity index is 2.91. The smallest absolute Gasteiger partial charge is 0.335 e. The number of rotatable bonds is 5. The van der Waals surface area contributed by atoms with Gasteiger partial charge in [0.25, 0.3) is 0 Å². The summed E-state index contributed by atoms with van der Waals surface area (Å²) in [6.07, 6.45) is 0.658. The first-order chi connectivity index (χ1) is 9.64. The zero-order chi connectivity index (χ0) is 16.2. The van der Waals surface area contributed by atoms with Crippen LogP contribution in [0.15, 0.2) is 22.7 Å². The molecule has 1 aromatic carbocycles. The lowest BCUT2D eigenvalue weighted by molar-refractivity contribution is -0.120. The third-order valence-electron chi connectivity index (χ3n) is 2.99. The average Bonchev–Trinajstić information content (AvgIpc) is 2.37. The molecule has 116 valence electrons. The van der Waals surface area contributed by atoms with Gasteiger partial charge in [-0.25, -0.2) is 4.79 Å². The van der Waals surface area contributed by atoms with E-state index in [1.54, 1.807) is 6.07 Å². The summed E-state index contributed by atoms with van der Waals surface area (Å²) in [5.41, 5.74) is 6.23. The van der Waals surface area contributed by atoms with E-state index < -0.39 is 5.97 Å². The molecule has 0 heterocycles. The molecule has 4 N–H and O–H groups in total. The van der Waals surface area contributed by atoms with Crippen LogP contribution in [0.4, 0.5) is 5.69 Å². The molecule has 1 unspecified atom stereocenters. The average molecular weight is 357 g/mol. The molecule has 0 aliphatic carbocycles. The first-order valence-electron chi connectivity index (χ1n) is 6.68. The van der Waals surface area contributed by atoms with Crippen molar-refractivity contribution in [3.63, 3.8) is 0 Å². The van der Waals surface area contributed by atoms with Gasteiger partial charge in [-0.15, -0.1) is 0 Å². The first kappa shape index (κ1) is 17.7. The number of carbonyl (C=O) groups excluding carboxylic acids is 1. The molecule has 0 aliphatic heterocycles. The van der Waals surface area contributed by atoms with Gasteiger partial charge in [-0.3, -0.25) is 4.79 Å². The molecule has 1 aromatic rings. The summed E-state index contributed by atoms with van der Waals surface area (Å²) in [5, 5.41) is 11.7. The van der Waals surface area contributed by atoms with Crippen molar-refractivity contribution in [2.45, 2.75) is 27.2 Å². The van der Waals surface area contributed by atoms with Crippen LogP contribution in [0, 0.1) is 11.3 Å². The summed E-state index contributed by atoms with van der Waals surface area (Å²) in [4.78, 5) is 23.3. The number of aromatic carboxylic acids is 1. The van der Waals surface area contributed by atoms with E-state index in [1.165, 1.54) is 12.1 Å². The predicted molar refractivity (Wildman–Crippen MR) is 86.3 cm³/mol. The highest BCUT2D eigenvalue weighted by atomic mass is 79.9. The lowest BCUT2D eigenvalue weighted by Gasteiger charge is -2.24. The molecule has 0 aromatic heterocycles. The van der Waals surface area contributed by atoms with Crippen molar-refractivity contribution in [1.29, 1.82) is 0 Å². The van der Waals surface area contributed by atoms with Crippen LogP contribution < -0.4 is 11.1 Å². The lowest BCUT2D eigenvalue weighted by Crippen LogP contribution is -2.32. The fourth-order valence-corrected chi connectivity index (χ4v) is 2.36. The van der Waals surface area contributed by atoms with E-state index in [0.717, 1.165) is 0 Å². The Morgan fingerprint density at radius 3 is 2.48 bits per heavy atom. The van der Waals surface area contributed by atoms with Crippen molar-refractivity contribution in [2.24, 2.45) is 17.1 Å². The number of halogens is 1. The van der Waals surface area contributed by atoms with Gasteiger partial charge in [0.1, 0.15) is 0 Å². The summed E-state index contributed by atoms with van der Waals surface area (Å²) in [6.45, 7) is 6.39. The first-order valence-corrected chi connectivity index (χ1v) is 7.47. The molecule has 0 fully saturated rings. The van der Waals surface area contributed by atoms with E-state index >= 15 is 0 Å². The van der Waals surface area contributed by atoms with Gasteiger partial charge >= 0.3 is 5.97 Å². The second-order valence-corrected chi connectivity index (χ2v) is 7.04. The van der Waals surface area contributed by atoms with Gasteiger partial charge in [-0.2, -0.15) is 0 Å². The summed E-state index contributed by atoms with van der Waals surface area (Å²) < 4.78 is 0.632. The fourth-order valence-electron chi connectivity index (χ4n) is 2.01. The van der Waals surface area contributed by atoms with Crippen LogP contribution in [0.5, 0.6) is 0 Å². The monoisotopic (exact) mass is 356 g/mol. The minimum Gasteiger partial charge on any atom is -0.478 e. The van der Waals surface area contributed by atoms with E-state index in [1.807, 2.05) is 20.8 Å². The van der Waals surface area contributed by atoms with Gasteiger partial charge < -0.3 is 16.2 Å². The van der Waals surface area contributed by atoms with Crippen molar-refractivity contribution >= 4 is 33.5 Å². The molecule has 1 rings (SSSR count). The topological polar surface area (TPSA) is 92.4 Å². The number of hydrogen-bond donors (Lipinski definition) is 3. The molecule has 0 saturated heterocycles. The summed E-state index contributed by atoms with van der Waals surface area (Å²) >= 11 is 3.30. The van der Waals surface area contributed by atoms with E-state index in [2.05, 4.69) is 21.2 Å². The Morgan fingerprint density at radius 1 is 1.38 bits per heavy atom. The Morgan fingerprint density at radius 2 is 2.00 bits per heavy atom. The maximum absolute atomic E-state index is 12.3. The number of anilines is 1. The third-order valence-corrected chi connectivity index (χ3v) is 3.68. The quantitative estimate of drug-likeness (QED) is 0.755. The molecule has 0 aliphatic rings. The Hall–Kier alpha value is -1.40. The van der Waals surface area contributed by atoms with Gasteiger partial charge in [-0.1, -0.05) is 20.8 Å². The molecule has 5 nitrogen and oxygen atoms in total. The van der Waals surface area contributed by atoms with Crippen LogP contribution in [0.3, 0.4) is 0 Å². The predicted octanol–water partition coefficient (Wildman–Crippen LogP) is 3.10.